The highest BCUT2D eigenvalue weighted by Crippen LogP contribution is 2.07. The van der Waals surface area contributed by atoms with Gasteiger partial charge in [-0.3, -0.25) is 4.79 Å². The molecular weight excluding hydrogens is 159 g/mol. The van der Waals surface area contributed by atoms with E-state index < -0.39 is 5.82 Å². The first-order chi connectivity index (χ1) is 5.81. The van der Waals surface area contributed by atoms with Gasteiger partial charge in [-0.25, -0.2) is 9.37 Å². The summed E-state index contributed by atoms with van der Waals surface area (Å²) in [7, 11) is 0. The molecule has 2 aromatic rings. The highest BCUT2D eigenvalue weighted by molar-refractivity contribution is 5.73. The number of carbonyl (C=O) groups excluding carboxylic acids is 1. The van der Waals surface area contributed by atoms with E-state index in [2.05, 4.69) is 4.98 Å². The molecule has 60 valence electrons. The van der Waals surface area contributed by atoms with Crippen molar-refractivity contribution < 1.29 is 9.18 Å². The molecule has 2 aromatic heterocycles. The molecule has 12 heavy (non-hydrogen) atoms. The second kappa shape index (κ2) is 2.41. The van der Waals surface area contributed by atoms with Crippen molar-refractivity contribution in [3.8, 4) is 0 Å². The number of halogens is 1. The quantitative estimate of drug-likeness (QED) is 0.595. The first-order valence-corrected chi connectivity index (χ1v) is 3.39. The number of aldehydes is 1. The summed E-state index contributed by atoms with van der Waals surface area (Å²) in [5.41, 5.74) is 0.416. The minimum absolute atomic E-state index is 0.180. The van der Waals surface area contributed by atoms with Crippen LogP contribution in [0.2, 0.25) is 0 Å². The van der Waals surface area contributed by atoms with Crippen molar-refractivity contribution in [2.24, 2.45) is 0 Å². The van der Waals surface area contributed by atoms with Crippen molar-refractivity contribution in [1.29, 1.82) is 0 Å². The maximum atomic E-state index is 12.9. The number of aromatic nitrogens is 2. The fourth-order valence-corrected chi connectivity index (χ4v) is 1.05. The molecule has 0 N–H and O–H groups in total. The van der Waals surface area contributed by atoms with Gasteiger partial charge in [-0.05, 0) is 12.1 Å². The van der Waals surface area contributed by atoms with Crippen LogP contribution >= 0.6 is 0 Å². The maximum absolute atomic E-state index is 12.9. The molecule has 4 heteroatoms. The van der Waals surface area contributed by atoms with Gasteiger partial charge >= 0.3 is 0 Å². The molecule has 0 saturated heterocycles. The molecule has 0 amide bonds. The Kier molecular flexibility index (Phi) is 1.40. The van der Waals surface area contributed by atoms with Crippen LogP contribution in [0, 0.1) is 5.82 Å². The van der Waals surface area contributed by atoms with Crippen LogP contribution in [0.1, 0.15) is 10.5 Å². The Hall–Kier alpha value is -1.71. The van der Waals surface area contributed by atoms with Crippen LogP contribution in [0.15, 0.2) is 24.5 Å². The monoisotopic (exact) mass is 164 g/mol. The lowest BCUT2D eigenvalue weighted by Gasteiger charge is -1.90. The van der Waals surface area contributed by atoms with Crippen molar-refractivity contribution in [2.45, 2.75) is 0 Å². The van der Waals surface area contributed by atoms with Gasteiger partial charge in [0.05, 0.1) is 0 Å². The van der Waals surface area contributed by atoms with E-state index in [1.165, 1.54) is 16.7 Å². The number of nitrogens with zero attached hydrogens (tertiary/aromatic N) is 2. The summed E-state index contributed by atoms with van der Waals surface area (Å²) >= 11 is 0. The van der Waals surface area contributed by atoms with Crippen molar-refractivity contribution in [2.75, 3.05) is 0 Å². The first kappa shape index (κ1) is 6.97. The standard InChI is InChI=1S/C8H5FN2O/c9-7-2-1-3-11-4-6(5-12)10-8(7)11/h1-5H. The summed E-state index contributed by atoms with van der Waals surface area (Å²) in [6, 6.07) is 2.86. The molecule has 0 aliphatic rings. The average Bonchev–Trinajstić information content (AvgIpc) is 2.49. The van der Waals surface area contributed by atoms with Crippen LogP contribution < -0.4 is 0 Å². The van der Waals surface area contributed by atoms with E-state index in [0.29, 0.717) is 6.29 Å². The van der Waals surface area contributed by atoms with Crippen LogP contribution in [-0.2, 0) is 0 Å². The van der Waals surface area contributed by atoms with E-state index in [-0.39, 0.29) is 11.3 Å². The molecule has 0 unspecified atom stereocenters. The molecule has 0 saturated carbocycles. The fourth-order valence-electron chi connectivity index (χ4n) is 1.05. The summed E-state index contributed by atoms with van der Waals surface area (Å²) in [4.78, 5) is 14.0. The fraction of sp³-hybridized carbons (Fsp3) is 0. The topological polar surface area (TPSA) is 34.4 Å². The zero-order valence-electron chi connectivity index (χ0n) is 6.07. The van der Waals surface area contributed by atoms with Crippen LogP contribution in [-0.4, -0.2) is 15.7 Å². The predicted octanol–water partition coefficient (Wildman–Crippen LogP) is 1.29. The van der Waals surface area contributed by atoms with E-state index in [1.54, 1.807) is 12.3 Å². The van der Waals surface area contributed by atoms with Crippen LogP contribution in [0.5, 0.6) is 0 Å². The lowest BCUT2D eigenvalue weighted by Crippen LogP contribution is -1.84. The molecule has 0 aliphatic carbocycles. The molecular formula is C8H5FN2O. The number of imidazole rings is 1. The number of hydrogen-bond acceptors (Lipinski definition) is 2. The van der Waals surface area contributed by atoms with Crippen LogP contribution in [0.3, 0.4) is 0 Å². The summed E-state index contributed by atoms with van der Waals surface area (Å²) in [5.74, 6) is -0.425. The average molecular weight is 164 g/mol. The molecule has 2 heterocycles. The molecule has 2 rings (SSSR count). The lowest BCUT2D eigenvalue weighted by molar-refractivity contribution is 0.111. The SMILES string of the molecule is O=Cc1cn2cccc(F)c2n1. The molecule has 0 fully saturated rings. The van der Waals surface area contributed by atoms with Gasteiger partial charge in [0, 0.05) is 12.4 Å². The lowest BCUT2D eigenvalue weighted by atomic mass is 10.4. The van der Waals surface area contributed by atoms with E-state index in [0.717, 1.165) is 0 Å². The first-order valence-electron chi connectivity index (χ1n) is 3.39. The van der Waals surface area contributed by atoms with E-state index >= 15 is 0 Å². The van der Waals surface area contributed by atoms with Crippen molar-refractivity contribution >= 4 is 11.9 Å². The number of carbonyl (C=O) groups is 1. The zero-order chi connectivity index (χ0) is 8.55. The zero-order valence-corrected chi connectivity index (χ0v) is 6.07. The second-order valence-electron chi connectivity index (χ2n) is 2.37. The summed E-state index contributed by atoms with van der Waals surface area (Å²) in [6.07, 6.45) is 3.70. The molecule has 0 radical (unpaired) electrons. The van der Waals surface area contributed by atoms with E-state index in [4.69, 9.17) is 0 Å². The van der Waals surface area contributed by atoms with Crippen LogP contribution in [0.4, 0.5) is 4.39 Å². The molecule has 0 atom stereocenters. The predicted molar refractivity (Wildman–Crippen MR) is 40.5 cm³/mol. The molecule has 0 bridgehead atoms. The second-order valence-corrected chi connectivity index (χ2v) is 2.37. The Morgan fingerprint density at radius 2 is 2.42 bits per heavy atom. The van der Waals surface area contributed by atoms with Crippen molar-refractivity contribution in [3.05, 3.63) is 36.0 Å². The number of rotatable bonds is 1. The Balaban J connectivity index is 2.82. The van der Waals surface area contributed by atoms with E-state index in [1.807, 2.05) is 0 Å². The number of pyridine rings is 1. The maximum Gasteiger partial charge on any atom is 0.173 e. The highest BCUT2D eigenvalue weighted by atomic mass is 19.1. The minimum Gasteiger partial charge on any atom is -0.304 e. The summed E-state index contributed by atoms with van der Waals surface area (Å²) in [5, 5.41) is 0. The minimum atomic E-state index is -0.425. The van der Waals surface area contributed by atoms with Gasteiger partial charge in [0.25, 0.3) is 0 Å². The number of fused-ring (bicyclic) bond motifs is 1. The van der Waals surface area contributed by atoms with Crippen molar-refractivity contribution in [3.63, 3.8) is 0 Å². The Labute approximate surface area is 67.5 Å². The third-order valence-electron chi connectivity index (χ3n) is 1.57. The third kappa shape index (κ3) is 0.887. The normalized spacial score (nSPS) is 10.4. The molecule has 3 nitrogen and oxygen atoms in total. The summed E-state index contributed by atoms with van der Waals surface area (Å²) < 4.78 is 14.4. The Morgan fingerprint density at radius 3 is 3.08 bits per heavy atom. The molecule has 0 aromatic carbocycles. The number of hydrogen-bond donors (Lipinski definition) is 0. The highest BCUT2D eigenvalue weighted by Gasteiger charge is 2.03. The van der Waals surface area contributed by atoms with E-state index in [9.17, 15) is 9.18 Å². The van der Waals surface area contributed by atoms with Gasteiger partial charge in [0.15, 0.2) is 17.8 Å². The van der Waals surface area contributed by atoms with Gasteiger partial charge in [-0.1, -0.05) is 0 Å². The van der Waals surface area contributed by atoms with Gasteiger partial charge in [0.1, 0.15) is 5.69 Å². The largest absolute Gasteiger partial charge is 0.304 e. The summed E-state index contributed by atoms with van der Waals surface area (Å²) in [6.45, 7) is 0. The Morgan fingerprint density at radius 1 is 1.58 bits per heavy atom. The third-order valence-corrected chi connectivity index (χ3v) is 1.57. The van der Waals surface area contributed by atoms with Crippen LogP contribution in [0.25, 0.3) is 5.65 Å². The Bertz CT molecular complexity index is 436. The van der Waals surface area contributed by atoms with Gasteiger partial charge in [-0.2, -0.15) is 0 Å². The van der Waals surface area contributed by atoms with Gasteiger partial charge < -0.3 is 4.40 Å². The molecule has 0 aliphatic heterocycles. The van der Waals surface area contributed by atoms with Gasteiger partial charge in [0.2, 0.25) is 0 Å². The van der Waals surface area contributed by atoms with Crippen molar-refractivity contribution in [1.82, 2.24) is 9.38 Å². The smallest absolute Gasteiger partial charge is 0.173 e. The molecule has 0 spiro atoms. The van der Waals surface area contributed by atoms with Gasteiger partial charge in [-0.15, -0.1) is 0 Å².